The van der Waals surface area contributed by atoms with Gasteiger partial charge in [-0.15, -0.1) is 0 Å². The van der Waals surface area contributed by atoms with Gasteiger partial charge in [-0.25, -0.2) is 14.4 Å². The topological polar surface area (TPSA) is 103 Å². The summed E-state index contributed by atoms with van der Waals surface area (Å²) >= 11 is 0. The molecule has 2 aliphatic heterocycles. The number of aromatic nitrogens is 2. The van der Waals surface area contributed by atoms with Gasteiger partial charge in [-0.05, 0) is 56.0 Å². The maximum Gasteiger partial charge on any atom is 0.421 e. The van der Waals surface area contributed by atoms with Crippen molar-refractivity contribution in [3.05, 3.63) is 64.8 Å². The van der Waals surface area contributed by atoms with E-state index in [-0.39, 0.29) is 35.4 Å². The maximum absolute atomic E-state index is 14.1. The summed E-state index contributed by atoms with van der Waals surface area (Å²) in [4.78, 5) is 35.9. The highest BCUT2D eigenvalue weighted by Gasteiger charge is 2.39. The van der Waals surface area contributed by atoms with E-state index >= 15 is 0 Å². The van der Waals surface area contributed by atoms with Crippen LogP contribution in [0, 0.1) is 0 Å². The molecule has 240 valence electrons. The number of anilines is 4. The number of carbonyl (C=O) groups excluding carboxylic acids is 2. The van der Waals surface area contributed by atoms with E-state index in [1.165, 1.54) is 18.1 Å². The molecule has 2 aliphatic rings. The molecule has 45 heavy (non-hydrogen) atoms. The molecule has 0 radical (unpaired) electrons. The number of rotatable bonds is 11. The van der Waals surface area contributed by atoms with E-state index < -0.39 is 36.2 Å². The second-order valence-electron chi connectivity index (χ2n) is 10.7. The highest BCUT2D eigenvalue weighted by atomic mass is 19.4. The van der Waals surface area contributed by atoms with E-state index in [1.54, 1.807) is 35.3 Å². The Balaban J connectivity index is 1.45. The van der Waals surface area contributed by atoms with Gasteiger partial charge in [0.1, 0.15) is 23.8 Å². The van der Waals surface area contributed by atoms with Crippen LogP contribution < -0.4 is 15.4 Å². The van der Waals surface area contributed by atoms with Crippen molar-refractivity contribution in [1.82, 2.24) is 24.9 Å². The molecule has 1 fully saturated rings. The van der Waals surface area contributed by atoms with Gasteiger partial charge in [-0.2, -0.15) is 18.2 Å². The fourth-order valence-corrected chi connectivity index (χ4v) is 5.92. The van der Waals surface area contributed by atoms with Crippen LogP contribution in [-0.4, -0.2) is 76.7 Å². The lowest BCUT2D eigenvalue weighted by Gasteiger charge is -2.30. The molecular formula is C31H35F4N7O3. The summed E-state index contributed by atoms with van der Waals surface area (Å²) in [6.45, 7) is 4.98. The van der Waals surface area contributed by atoms with Crippen molar-refractivity contribution in [2.75, 3.05) is 50.6 Å². The van der Waals surface area contributed by atoms with Crippen molar-refractivity contribution in [3.63, 3.8) is 0 Å². The largest absolute Gasteiger partial charge is 0.495 e. The van der Waals surface area contributed by atoms with Crippen molar-refractivity contribution in [3.8, 4) is 5.75 Å². The standard InChI is InChI=1S/C31H35F4N7O3/c1-4-24-20-9-8-10-23(26(20)29(44)41(24)16-13-32)37-27-21(31(33,34)35)18-36-30(39-27)38-22-12-11-19(17-25(22)45-3)28(43)42(5-2)40-14-6-7-15-40/h8-12,17-18,24H,4-7,13-16H2,1-3H3,(H2,36,37,38,39). The average molecular weight is 630 g/mol. The van der Waals surface area contributed by atoms with Crippen molar-refractivity contribution in [1.29, 1.82) is 0 Å². The van der Waals surface area contributed by atoms with Gasteiger partial charge in [-0.1, -0.05) is 19.1 Å². The summed E-state index contributed by atoms with van der Waals surface area (Å²) in [5, 5.41) is 9.30. The van der Waals surface area contributed by atoms with Crippen LogP contribution in [0.3, 0.4) is 0 Å². The van der Waals surface area contributed by atoms with Crippen LogP contribution in [0.5, 0.6) is 5.75 Å². The molecule has 1 unspecified atom stereocenters. The van der Waals surface area contributed by atoms with Gasteiger partial charge in [0.25, 0.3) is 11.8 Å². The van der Waals surface area contributed by atoms with Crippen LogP contribution in [0.4, 0.5) is 40.7 Å². The zero-order valence-electron chi connectivity index (χ0n) is 25.2. The third-order valence-electron chi connectivity index (χ3n) is 8.02. The fraction of sp³-hybridized carbons (Fsp3) is 0.419. The van der Waals surface area contributed by atoms with Gasteiger partial charge in [0.05, 0.1) is 30.1 Å². The molecule has 10 nitrogen and oxygen atoms in total. The van der Waals surface area contributed by atoms with E-state index in [4.69, 9.17) is 4.74 Å². The number of fused-ring (bicyclic) bond motifs is 1. The number of hydrogen-bond acceptors (Lipinski definition) is 8. The van der Waals surface area contributed by atoms with Crippen LogP contribution in [0.1, 0.15) is 71.0 Å². The number of nitrogens with one attached hydrogen (secondary N) is 2. The Labute approximate surface area is 258 Å². The van der Waals surface area contributed by atoms with E-state index in [0.29, 0.717) is 36.0 Å². The Morgan fingerprint density at radius 1 is 1.11 bits per heavy atom. The van der Waals surface area contributed by atoms with Crippen LogP contribution in [-0.2, 0) is 6.18 Å². The fourth-order valence-electron chi connectivity index (χ4n) is 5.92. The lowest BCUT2D eigenvalue weighted by Crippen LogP contribution is -2.44. The first-order chi connectivity index (χ1) is 21.6. The second kappa shape index (κ2) is 13.3. The number of halogens is 4. The minimum atomic E-state index is -4.81. The predicted molar refractivity (Wildman–Crippen MR) is 161 cm³/mol. The monoisotopic (exact) mass is 629 g/mol. The summed E-state index contributed by atoms with van der Waals surface area (Å²) in [6.07, 6.45) is -1.63. The van der Waals surface area contributed by atoms with Crippen molar-refractivity contribution < 1.29 is 31.9 Å². The zero-order valence-corrected chi connectivity index (χ0v) is 25.2. The average Bonchev–Trinajstić information content (AvgIpc) is 3.64. The maximum atomic E-state index is 14.1. The van der Waals surface area contributed by atoms with Crippen LogP contribution in [0.25, 0.3) is 0 Å². The van der Waals surface area contributed by atoms with E-state index in [9.17, 15) is 27.2 Å². The number of carbonyl (C=O) groups is 2. The number of nitrogens with zero attached hydrogens (tertiary/aromatic N) is 5. The first-order valence-electron chi connectivity index (χ1n) is 14.8. The number of hydrazine groups is 1. The summed E-state index contributed by atoms with van der Waals surface area (Å²) < 4.78 is 61.0. The number of alkyl halides is 4. The Bertz CT molecular complexity index is 1560. The quantitative estimate of drug-likeness (QED) is 0.237. The molecule has 2 aromatic carbocycles. The number of benzene rings is 2. The molecule has 3 heterocycles. The molecule has 1 saturated heterocycles. The van der Waals surface area contributed by atoms with Crippen molar-refractivity contribution in [2.24, 2.45) is 0 Å². The van der Waals surface area contributed by atoms with Gasteiger partial charge < -0.3 is 20.3 Å². The van der Waals surface area contributed by atoms with Crippen molar-refractivity contribution >= 4 is 35.0 Å². The number of hydrogen-bond donors (Lipinski definition) is 2. The minimum absolute atomic E-state index is 0.117. The highest BCUT2D eigenvalue weighted by molar-refractivity contribution is 6.05. The minimum Gasteiger partial charge on any atom is -0.495 e. The van der Waals surface area contributed by atoms with Gasteiger partial charge in [-0.3, -0.25) is 14.6 Å². The smallest absolute Gasteiger partial charge is 0.421 e. The van der Waals surface area contributed by atoms with Crippen LogP contribution in [0.15, 0.2) is 42.6 Å². The SMILES string of the molecule is CCC1c2cccc(Nc3nc(Nc4ccc(C(=O)N(CC)N5CCCC5)cc4OC)ncc3C(F)(F)F)c2C(=O)N1CCF. The highest BCUT2D eigenvalue weighted by Crippen LogP contribution is 2.42. The molecule has 5 rings (SSSR count). The first-order valence-corrected chi connectivity index (χ1v) is 14.8. The van der Waals surface area contributed by atoms with Gasteiger partial charge in [0, 0.05) is 37.9 Å². The van der Waals surface area contributed by atoms with Crippen LogP contribution >= 0.6 is 0 Å². The Morgan fingerprint density at radius 3 is 2.51 bits per heavy atom. The summed E-state index contributed by atoms with van der Waals surface area (Å²) in [7, 11) is 1.41. The molecule has 0 aliphatic carbocycles. The van der Waals surface area contributed by atoms with E-state index in [2.05, 4.69) is 20.6 Å². The van der Waals surface area contributed by atoms with Crippen LogP contribution in [0.2, 0.25) is 0 Å². The normalized spacial score (nSPS) is 16.6. The molecular weight excluding hydrogens is 594 g/mol. The van der Waals surface area contributed by atoms with E-state index in [1.807, 2.05) is 18.9 Å². The van der Waals surface area contributed by atoms with Gasteiger partial charge in [0.15, 0.2) is 0 Å². The lowest BCUT2D eigenvalue weighted by atomic mass is 10.0. The summed E-state index contributed by atoms with van der Waals surface area (Å²) in [6, 6.07) is 9.16. The lowest BCUT2D eigenvalue weighted by molar-refractivity contribution is -0.137. The molecule has 1 atom stereocenters. The Hall–Kier alpha value is -4.46. The molecule has 2 amide bonds. The molecule has 1 aromatic heterocycles. The molecule has 3 aromatic rings. The summed E-state index contributed by atoms with van der Waals surface area (Å²) in [5.41, 5.74) is 0.470. The zero-order chi connectivity index (χ0) is 32.3. The molecule has 0 saturated carbocycles. The third-order valence-corrected chi connectivity index (χ3v) is 8.02. The van der Waals surface area contributed by atoms with Crippen molar-refractivity contribution in [2.45, 2.75) is 45.3 Å². The van der Waals surface area contributed by atoms with Gasteiger partial charge in [0.2, 0.25) is 5.95 Å². The predicted octanol–water partition coefficient (Wildman–Crippen LogP) is 6.34. The summed E-state index contributed by atoms with van der Waals surface area (Å²) in [5.74, 6) is -1.15. The molecule has 0 bridgehead atoms. The number of amides is 2. The number of methoxy groups -OCH3 is 1. The first kappa shape index (κ1) is 31.9. The second-order valence-corrected chi connectivity index (χ2v) is 10.7. The molecule has 2 N–H and O–H groups in total. The third kappa shape index (κ3) is 6.37. The van der Waals surface area contributed by atoms with Gasteiger partial charge >= 0.3 is 6.18 Å². The molecule has 0 spiro atoms. The number of ether oxygens (including phenoxy) is 1. The van der Waals surface area contributed by atoms with E-state index in [0.717, 1.165) is 25.9 Å². The molecule has 14 heteroatoms. The Morgan fingerprint density at radius 2 is 1.87 bits per heavy atom. The Kier molecular flexibility index (Phi) is 9.42.